The lowest BCUT2D eigenvalue weighted by Gasteiger charge is -2.10. The molecule has 0 saturated carbocycles. The zero-order valence-electron chi connectivity index (χ0n) is 18.8. The fourth-order valence-corrected chi connectivity index (χ4v) is 3.70. The minimum absolute atomic E-state index is 0.0649. The van der Waals surface area contributed by atoms with Crippen molar-refractivity contribution in [2.45, 2.75) is 10.5 Å². The highest BCUT2D eigenvalue weighted by Crippen LogP contribution is 2.39. The number of rotatable bonds is 5. The Bertz CT molecular complexity index is 1290. The normalized spacial score (nSPS) is 12.9. The van der Waals surface area contributed by atoms with Gasteiger partial charge in [0.25, 0.3) is 5.91 Å². The fourth-order valence-electron chi connectivity index (χ4n) is 2.61. The highest BCUT2D eigenvalue weighted by Gasteiger charge is 2.33. The molecule has 0 saturated heterocycles. The van der Waals surface area contributed by atoms with Gasteiger partial charge in [0.1, 0.15) is 16.5 Å². The van der Waals surface area contributed by atoms with Crippen molar-refractivity contribution in [1.29, 1.82) is 0 Å². The lowest BCUT2D eigenvalue weighted by atomic mass is 10.1. The number of nitrogens with one attached hydrogen (secondary N) is 2. The van der Waals surface area contributed by atoms with E-state index in [0.29, 0.717) is 4.47 Å². The van der Waals surface area contributed by atoms with E-state index in [4.69, 9.17) is 8.85 Å². The van der Waals surface area contributed by atoms with Crippen LogP contribution in [0.4, 0.5) is 18.9 Å². The van der Waals surface area contributed by atoms with Gasteiger partial charge < -0.3 is 15.4 Å². The van der Waals surface area contributed by atoms with Gasteiger partial charge in [-0.25, -0.2) is 4.98 Å². The number of benzene rings is 1. The van der Waals surface area contributed by atoms with E-state index in [1.165, 1.54) is 35.8 Å². The molecule has 2 heterocycles. The highest BCUT2D eigenvalue weighted by molar-refractivity contribution is 9.10. The van der Waals surface area contributed by atoms with Crippen molar-refractivity contribution in [3.05, 3.63) is 52.3 Å². The van der Waals surface area contributed by atoms with Gasteiger partial charge >= 0.3 is 5.51 Å². The first kappa shape index (κ1) is 18.9. The maximum Gasteiger partial charge on any atom is 0.447 e. The zero-order valence-corrected chi connectivity index (χ0v) is 18.2. The average molecular weight is 516 g/mol. The number of carbonyl (C=O) groups is 1. The molecule has 0 aliphatic heterocycles. The maximum atomic E-state index is 13.1. The Labute approximate surface area is 192 Å². The molecule has 1 amide bonds. The van der Waals surface area contributed by atoms with Crippen molar-refractivity contribution >= 4 is 44.9 Å². The van der Waals surface area contributed by atoms with Crippen LogP contribution in [0.15, 0.2) is 46.0 Å². The third kappa shape index (κ3) is 5.45. The number of nitrogens with zero attached hydrogens (tertiary/aromatic N) is 2. The van der Waals surface area contributed by atoms with Crippen molar-refractivity contribution in [3.8, 4) is 17.6 Å². The van der Waals surface area contributed by atoms with Crippen LogP contribution in [0.3, 0.4) is 0 Å². The number of aromatic nitrogens is 2. The number of hydrogen-bond donors (Lipinski definition) is 2. The maximum absolute atomic E-state index is 13.1. The summed E-state index contributed by atoms with van der Waals surface area (Å²) in [6.45, 7) is -0.0676. The molecule has 0 fully saturated rings. The number of methoxy groups -OCH3 is 1. The molecular formula is C20H16BrF3N4O2S. The van der Waals surface area contributed by atoms with Crippen LogP contribution in [0.2, 0.25) is 0 Å². The number of anilines is 1. The van der Waals surface area contributed by atoms with E-state index >= 15 is 0 Å². The van der Waals surface area contributed by atoms with E-state index in [0.717, 1.165) is 0 Å². The van der Waals surface area contributed by atoms with Gasteiger partial charge in [-0.3, -0.25) is 9.20 Å². The van der Waals surface area contributed by atoms with Crippen LogP contribution in [0.25, 0.3) is 5.65 Å². The SMILES string of the molecule is [2H]C([2H])([2H])Oc1cc(C(=O)NC)ccc1NCC#Cc1nc2c(Br)cccn2c1SC(F)(F)F. The first-order valence-corrected chi connectivity index (χ1v) is 10.2. The Hall–Kier alpha value is -2.84. The monoisotopic (exact) mass is 515 g/mol. The van der Waals surface area contributed by atoms with Crippen LogP contribution in [0.1, 0.15) is 20.2 Å². The second-order valence-electron chi connectivity index (χ2n) is 5.91. The van der Waals surface area contributed by atoms with Crippen LogP contribution >= 0.6 is 27.7 Å². The van der Waals surface area contributed by atoms with Gasteiger partial charge in [-0.05, 0) is 52.2 Å². The molecule has 162 valence electrons. The summed E-state index contributed by atoms with van der Waals surface area (Å²) in [6.07, 6.45) is 1.46. The molecule has 0 atom stereocenters. The molecule has 31 heavy (non-hydrogen) atoms. The van der Waals surface area contributed by atoms with E-state index in [1.807, 2.05) is 0 Å². The minimum atomic E-state index is -4.54. The molecule has 0 aliphatic rings. The molecule has 11 heteroatoms. The summed E-state index contributed by atoms with van der Waals surface area (Å²) < 4.78 is 68.0. The van der Waals surface area contributed by atoms with Crippen molar-refractivity contribution in [1.82, 2.24) is 14.7 Å². The summed E-state index contributed by atoms with van der Waals surface area (Å²) in [5.74, 6) is 4.77. The van der Waals surface area contributed by atoms with Gasteiger partial charge in [-0.15, -0.1) is 0 Å². The Morgan fingerprint density at radius 2 is 2.23 bits per heavy atom. The number of ether oxygens (including phenoxy) is 1. The summed E-state index contributed by atoms with van der Waals surface area (Å²) in [4.78, 5) is 16.0. The lowest BCUT2D eigenvalue weighted by Crippen LogP contribution is -2.17. The predicted molar refractivity (Wildman–Crippen MR) is 117 cm³/mol. The molecular weight excluding hydrogens is 497 g/mol. The molecule has 0 bridgehead atoms. The largest absolute Gasteiger partial charge is 0.495 e. The molecule has 6 nitrogen and oxygen atoms in total. The Morgan fingerprint density at radius 1 is 1.42 bits per heavy atom. The molecule has 2 N–H and O–H groups in total. The summed E-state index contributed by atoms with van der Waals surface area (Å²) in [5, 5.41) is 5.09. The Kier molecular flexibility index (Phi) is 5.81. The van der Waals surface area contributed by atoms with Crippen molar-refractivity contribution in [3.63, 3.8) is 0 Å². The van der Waals surface area contributed by atoms with Gasteiger partial charge in [0.15, 0.2) is 5.65 Å². The number of hydrogen-bond acceptors (Lipinski definition) is 5. The quantitative estimate of drug-likeness (QED) is 0.385. The number of alkyl halides is 3. The van der Waals surface area contributed by atoms with Crippen LogP contribution < -0.4 is 15.4 Å². The second-order valence-corrected chi connectivity index (χ2v) is 7.82. The zero-order chi connectivity index (χ0) is 25.1. The molecule has 3 aromatic rings. The van der Waals surface area contributed by atoms with E-state index in [9.17, 15) is 18.0 Å². The third-order valence-corrected chi connectivity index (χ3v) is 5.36. The van der Waals surface area contributed by atoms with Crippen LogP contribution in [-0.2, 0) is 0 Å². The molecule has 2 aromatic heterocycles. The molecule has 0 unspecified atom stereocenters. The molecule has 3 rings (SSSR count). The number of thioether (sulfide) groups is 1. The fraction of sp³-hybridized carbons (Fsp3) is 0.200. The van der Waals surface area contributed by atoms with Crippen LogP contribution in [0.5, 0.6) is 5.75 Å². The topological polar surface area (TPSA) is 67.7 Å². The number of fused-ring (bicyclic) bond motifs is 1. The molecule has 0 radical (unpaired) electrons. The highest BCUT2D eigenvalue weighted by atomic mass is 79.9. The number of imidazole rings is 1. The van der Waals surface area contributed by atoms with E-state index in [2.05, 4.69) is 43.4 Å². The van der Waals surface area contributed by atoms with Crippen LogP contribution in [-0.4, -0.2) is 41.4 Å². The van der Waals surface area contributed by atoms with E-state index in [-0.39, 0.29) is 51.7 Å². The number of amides is 1. The van der Waals surface area contributed by atoms with Gasteiger partial charge in [-0.1, -0.05) is 5.92 Å². The second kappa shape index (κ2) is 9.53. The summed E-state index contributed by atoms with van der Waals surface area (Å²) in [7, 11) is -1.34. The molecule has 0 aliphatic carbocycles. The molecule has 0 spiro atoms. The average Bonchev–Trinajstić information content (AvgIpc) is 3.07. The van der Waals surface area contributed by atoms with Crippen molar-refractivity contribution in [2.75, 3.05) is 25.9 Å². The molecule has 1 aromatic carbocycles. The smallest absolute Gasteiger partial charge is 0.447 e. The van der Waals surface area contributed by atoms with Crippen molar-refractivity contribution < 1.29 is 26.8 Å². The predicted octanol–water partition coefficient (Wildman–Crippen LogP) is 4.54. The number of carbonyl (C=O) groups excluding carboxylic acids is 1. The van der Waals surface area contributed by atoms with Gasteiger partial charge in [0.2, 0.25) is 0 Å². The van der Waals surface area contributed by atoms with Gasteiger partial charge in [-0.2, -0.15) is 13.2 Å². The minimum Gasteiger partial charge on any atom is -0.495 e. The van der Waals surface area contributed by atoms with Gasteiger partial charge in [0.05, 0.1) is 27.9 Å². The number of pyridine rings is 1. The van der Waals surface area contributed by atoms with E-state index < -0.39 is 18.5 Å². The van der Waals surface area contributed by atoms with Gasteiger partial charge in [0, 0.05) is 30.6 Å². The Balaban J connectivity index is 1.87. The number of halogens is 4. The summed E-state index contributed by atoms with van der Waals surface area (Å²) in [6, 6.07) is 7.39. The lowest BCUT2D eigenvalue weighted by molar-refractivity contribution is -0.0330. The summed E-state index contributed by atoms with van der Waals surface area (Å²) in [5.41, 5.74) is -3.90. The van der Waals surface area contributed by atoms with E-state index in [1.54, 1.807) is 12.1 Å². The third-order valence-electron chi connectivity index (χ3n) is 3.93. The first-order chi connectivity index (χ1) is 15.9. The van der Waals surface area contributed by atoms with Crippen molar-refractivity contribution in [2.24, 2.45) is 0 Å². The Morgan fingerprint density at radius 3 is 2.94 bits per heavy atom. The standard InChI is InChI=1S/C20H16BrF3N4O2S/c1-25-18(29)12-7-8-14(16(11-12)30-2)26-9-3-6-15-19(31-20(22,23)24)28-10-4-5-13(21)17(28)27-15/h4-5,7-8,10-11,26H,9H2,1-2H3,(H,25,29)/i2D3. The summed E-state index contributed by atoms with van der Waals surface area (Å²) >= 11 is 2.94. The van der Waals surface area contributed by atoms with Crippen LogP contribution in [0, 0.1) is 11.8 Å². The first-order valence-electron chi connectivity index (χ1n) is 10.1.